The fourth-order valence-corrected chi connectivity index (χ4v) is 11.4. The Morgan fingerprint density at radius 1 is 0.478 bits per heavy atom. The van der Waals surface area contributed by atoms with E-state index in [0.29, 0.717) is 18.4 Å². The van der Waals surface area contributed by atoms with Gasteiger partial charge in [-0.3, -0.25) is 57.6 Å². The Hall–Kier alpha value is -6.49. The third kappa shape index (κ3) is 24.3. The van der Waals surface area contributed by atoms with Gasteiger partial charge in [-0.15, -0.1) is 0 Å². The number of nitrogens with zero attached hydrogens (tertiary/aromatic N) is 6. The molecule has 0 unspecified atom stereocenters. The first kappa shape index (κ1) is 79.6. The van der Waals surface area contributed by atoms with Crippen LogP contribution in [0, 0.1) is 41.4 Å². The van der Waals surface area contributed by atoms with Crippen LogP contribution in [-0.2, 0) is 59.2 Å². The number of carbonyl (C=O) groups excluding carboxylic acids is 11. The van der Waals surface area contributed by atoms with Crippen LogP contribution in [-0.4, -0.2) is 221 Å². The molecule has 510 valence electrons. The summed E-state index contributed by atoms with van der Waals surface area (Å²) in [5, 5.41) is 25.3. The molecule has 0 saturated carbocycles. The number of amides is 10. The van der Waals surface area contributed by atoms with Gasteiger partial charge in [-0.2, -0.15) is 0 Å². The molecule has 2 rings (SSSR count). The molecule has 23 heteroatoms. The number of nitrogens with one attached hydrogen (secondary N) is 5. The van der Waals surface area contributed by atoms with E-state index >= 15 is 0 Å². The summed E-state index contributed by atoms with van der Waals surface area (Å²) in [6.07, 6.45) is -0.152. The van der Waals surface area contributed by atoms with E-state index in [-0.39, 0.29) is 87.0 Å². The molecule has 1 saturated heterocycles. The predicted octanol–water partition coefficient (Wildman–Crippen LogP) is 4.03. The van der Waals surface area contributed by atoms with Gasteiger partial charge in [0.25, 0.3) is 0 Å². The summed E-state index contributed by atoms with van der Waals surface area (Å²) in [4.78, 5) is 168. The first-order valence-corrected chi connectivity index (χ1v) is 32.5. The summed E-state index contributed by atoms with van der Waals surface area (Å²) in [5.41, 5.74) is 0.666. The van der Waals surface area contributed by atoms with Gasteiger partial charge in [0.1, 0.15) is 48.3 Å². The number of carbonyl (C=O) groups is 11. The van der Waals surface area contributed by atoms with Crippen molar-refractivity contribution in [3.63, 3.8) is 0 Å². The molecule has 1 aromatic carbocycles. The molecule has 1 aromatic rings. The van der Waals surface area contributed by atoms with E-state index in [1.54, 1.807) is 56.1 Å². The summed E-state index contributed by atoms with van der Waals surface area (Å²) in [6.45, 7) is 28.5. The number of hydrogen-bond donors (Lipinski definition) is 6. The van der Waals surface area contributed by atoms with Gasteiger partial charge in [-0.25, -0.2) is 0 Å². The predicted molar refractivity (Wildman–Crippen MR) is 349 cm³/mol. The zero-order valence-electron chi connectivity index (χ0n) is 58.5. The van der Waals surface area contributed by atoms with E-state index in [4.69, 9.17) is 0 Å². The molecule has 0 radical (unpaired) electrons. The lowest BCUT2D eigenvalue weighted by atomic mass is 9.94. The maximum atomic E-state index is 14.9. The Labute approximate surface area is 538 Å². The van der Waals surface area contributed by atoms with Crippen molar-refractivity contribution < 1.29 is 57.8 Å². The smallest absolute Gasteiger partial charge is 0.245 e. The maximum Gasteiger partial charge on any atom is 0.245 e. The minimum Gasteiger partial charge on any atom is -0.391 e. The molecular formula is C67H115N11O12. The molecule has 0 spiro atoms. The Kier molecular flexibility index (Phi) is 32.8. The molecule has 13 atom stereocenters. The first-order chi connectivity index (χ1) is 41.7. The van der Waals surface area contributed by atoms with Gasteiger partial charge >= 0.3 is 0 Å². The summed E-state index contributed by atoms with van der Waals surface area (Å²) in [7, 11) is 9.04. The normalized spacial score (nSPS) is 27.2. The summed E-state index contributed by atoms with van der Waals surface area (Å²) < 4.78 is 0. The molecule has 10 amide bonds. The average molecular weight is 1270 g/mol. The van der Waals surface area contributed by atoms with Gasteiger partial charge < -0.3 is 56.2 Å². The number of likely N-dealkylation sites (N-methyl/N-ethyl adjacent to an activating group) is 6. The number of aliphatic hydroxyl groups is 1. The van der Waals surface area contributed by atoms with E-state index < -0.39 is 137 Å². The topological polar surface area (TPSA) is 288 Å². The Morgan fingerprint density at radius 3 is 1.43 bits per heavy atom. The minimum atomic E-state index is -1.56. The van der Waals surface area contributed by atoms with Crippen LogP contribution in [0.5, 0.6) is 0 Å². The highest BCUT2D eigenvalue weighted by Gasteiger charge is 2.42. The van der Waals surface area contributed by atoms with Crippen LogP contribution in [0.15, 0.2) is 30.3 Å². The fraction of sp³-hybridized carbons (Fsp3) is 0.746. The van der Waals surface area contributed by atoms with E-state index in [2.05, 4.69) is 26.6 Å². The van der Waals surface area contributed by atoms with Gasteiger partial charge in [0.2, 0.25) is 59.1 Å². The average Bonchev–Trinajstić information content (AvgIpc) is 2.48. The van der Waals surface area contributed by atoms with Crippen LogP contribution in [0.3, 0.4) is 0 Å². The van der Waals surface area contributed by atoms with E-state index in [1.165, 1.54) is 80.5 Å². The number of ketones is 1. The molecule has 90 heavy (non-hydrogen) atoms. The second-order valence-electron chi connectivity index (χ2n) is 27.7. The number of rotatable bonds is 15. The van der Waals surface area contributed by atoms with Crippen LogP contribution in [0.2, 0.25) is 0 Å². The van der Waals surface area contributed by atoms with Gasteiger partial charge in [0.05, 0.1) is 24.6 Å². The van der Waals surface area contributed by atoms with Gasteiger partial charge in [0, 0.05) is 60.7 Å². The summed E-state index contributed by atoms with van der Waals surface area (Å²) >= 11 is 0. The van der Waals surface area contributed by atoms with Crippen molar-refractivity contribution in [3.8, 4) is 0 Å². The molecule has 1 fully saturated rings. The third-order valence-electron chi connectivity index (χ3n) is 17.1. The molecule has 6 N–H and O–H groups in total. The zero-order valence-corrected chi connectivity index (χ0v) is 58.5. The number of hydrogen-bond acceptors (Lipinski definition) is 13. The highest BCUT2D eigenvalue weighted by molar-refractivity contribution is 5.98. The van der Waals surface area contributed by atoms with Crippen LogP contribution >= 0.6 is 0 Å². The van der Waals surface area contributed by atoms with Crippen molar-refractivity contribution in [1.29, 1.82) is 0 Å². The molecule has 0 aliphatic carbocycles. The van der Waals surface area contributed by atoms with Gasteiger partial charge in [0.15, 0.2) is 5.78 Å². The second kappa shape index (κ2) is 37.1. The minimum absolute atomic E-state index is 0.0331. The third-order valence-corrected chi connectivity index (χ3v) is 17.1. The van der Waals surface area contributed by atoms with E-state index in [0.717, 1.165) is 0 Å². The second-order valence-corrected chi connectivity index (χ2v) is 27.7. The van der Waals surface area contributed by atoms with Crippen LogP contribution in [0.1, 0.15) is 161 Å². The van der Waals surface area contributed by atoms with Crippen molar-refractivity contribution in [2.45, 2.75) is 229 Å². The molecule has 1 aliphatic heterocycles. The molecule has 0 bridgehead atoms. The van der Waals surface area contributed by atoms with Crippen LogP contribution in [0.4, 0.5) is 0 Å². The molecule has 1 aliphatic rings. The lowest BCUT2D eigenvalue weighted by molar-refractivity contribution is -0.149. The first-order valence-electron chi connectivity index (χ1n) is 32.5. The van der Waals surface area contributed by atoms with Crippen molar-refractivity contribution in [1.82, 2.24) is 56.0 Å². The lowest BCUT2D eigenvalue weighted by Gasteiger charge is -2.37. The number of aliphatic hydroxyl groups excluding tert-OH is 1. The molecule has 0 aromatic heterocycles. The Morgan fingerprint density at radius 2 is 0.933 bits per heavy atom. The molecular weight excluding hydrogens is 1150 g/mol. The van der Waals surface area contributed by atoms with Crippen molar-refractivity contribution in [2.24, 2.45) is 41.4 Å². The monoisotopic (exact) mass is 1270 g/mol. The van der Waals surface area contributed by atoms with Gasteiger partial charge in [-0.1, -0.05) is 120 Å². The van der Waals surface area contributed by atoms with E-state index in [9.17, 15) is 57.8 Å². The molecule has 1 heterocycles. The van der Waals surface area contributed by atoms with Crippen molar-refractivity contribution in [3.05, 3.63) is 35.9 Å². The van der Waals surface area contributed by atoms with E-state index in [1.807, 2.05) is 76.2 Å². The highest BCUT2D eigenvalue weighted by Crippen LogP contribution is 2.23. The summed E-state index contributed by atoms with van der Waals surface area (Å²) in [5.74, 6) is -8.19. The van der Waals surface area contributed by atoms with Gasteiger partial charge in [-0.05, 0) is 108 Å². The molecule has 23 nitrogen and oxygen atoms in total. The maximum absolute atomic E-state index is 14.9. The van der Waals surface area contributed by atoms with Crippen LogP contribution in [0.25, 0.3) is 0 Å². The van der Waals surface area contributed by atoms with Crippen molar-refractivity contribution in [2.75, 3.05) is 55.4 Å². The number of Topliss-reactive ketones (excluding diaryl/α,β-unsaturated/α-hetero) is 1. The lowest BCUT2D eigenvalue weighted by Crippen LogP contribution is -2.61. The SMILES string of the molecule is CC[C@H](C)[C@@H]1NC(=O)[C@H](CC(C)C)N(C)C(=O)[C@H](CC(C)C)N(C)C(=O)C[C@H](C)NC(=O)[C@H](CC(C)C)N(C)C(=O)[C@H](Cc2ccccc2)NC(=O)[C@H]([C@@H](C)O)NC(=O)[C@H](CC(C)C)CN(C)CC(=O)[C@H](CC(C)C)N(C)C(=O)[C@H](C)N(C)C(=O)[C@H](C)NC1=O. The summed E-state index contributed by atoms with van der Waals surface area (Å²) in [6, 6.07) is -2.47. The highest BCUT2D eigenvalue weighted by atomic mass is 16.3. The fourth-order valence-electron chi connectivity index (χ4n) is 11.4. The van der Waals surface area contributed by atoms with Crippen LogP contribution < -0.4 is 26.6 Å². The number of benzene rings is 1. The largest absolute Gasteiger partial charge is 0.391 e. The Bertz CT molecular complexity index is 2560. The van der Waals surface area contributed by atoms with Crippen molar-refractivity contribution >= 4 is 64.9 Å². The standard InChI is InChI=1S/C67H115N11O12/c1-23-43(12)57-62(85)69-45(14)64(87)74(18)46(15)65(88)76(20)51(30-39(4)5)55(80)37-73(17)36-49(29-38(2)3)59(82)72-58(47(16)79)63(86)70-50(35-48-27-25-24-26-28-48)66(89)77(21)52(31-40(6)7)60(83)68-44(13)34-56(81)75(19)54(33-42(10)11)67(90)78(22)53(32-41(8)9)61(84)71-57/h24-28,38-47,49-54,57-58,79H,23,29-37H2,1-22H3,(H,68,83)(H,69,85)(H,70,86)(H,71,84)(H,72,82)/t43-,44-,45-,46-,47+,49+,50-,51-,52-,53-,54-,57-,58-/m0/s1. The zero-order chi connectivity index (χ0) is 68.9. The Balaban J connectivity index is 2.89. The quantitative estimate of drug-likeness (QED) is 0.145.